The molecule has 1 saturated heterocycles. The third-order valence-electron chi connectivity index (χ3n) is 5.76. The molecule has 176 valence electrons. The summed E-state index contributed by atoms with van der Waals surface area (Å²) in [5.41, 5.74) is 4.51. The van der Waals surface area contributed by atoms with Crippen LogP contribution in [-0.2, 0) is 9.59 Å². The molecule has 0 saturated carbocycles. The number of anilines is 1. The monoisotopic (exact) mass is 490 g/mol. The van der Waals surface area contributed by atoms with E-state index in [2.05, 4.69) is 5.32 Å². The lowest BCUT2D eigenvalue weighted by Crippen LogP contribution is -2.54. The number of thiocarbonyl (C=S) groups is 1. The van der Waals surface area contributed by atoms with E-state index in [1.54, 1.807) is 30.3 Å². The second-order valence-corrected chi connectivity index (χ2v) is 8.75. The van der Waals surface area contributed by atoms with E-state index in [0.29, 0.717) is 17.2 Å². The Balaban J connectivity index is 1.41. The number of ether oxygens (including phenoxy) is 1. The topological polar surface area (TPSA) is 58.6 Å². The Morgan fingerprint density at radius 2 is 1.47 bits per heavy atom. The van der Waals surface area contributed by atoms with E-state index in [9.17, 15) is 9.59 Å². The number of nitrogens with zero attached hydrogens (tertiary/aromatic N) is 1. The predicted molar refractivity (Wildman–Crippen MR) is 146 cm³/mol. The minimum Gasteiger partial charge on any atom is -0.457 e. The fraction of sp³-hybridized carbons (Fsp3) is 0.0333. The van der Waals surface area contributed by atoms with E-state index < -0.39 is 11.8 Å². The maximum Gasteiger partial charge on any atom is 0.270 e. The Bertz CT molecular complexity index is 1480. The summed E-state index contributed by atoms with van der Waals surface area (Å²) in [7, 11) is 0. The molecule has 1 aliphatic rings. The van der Waals surface area contributed by atoms with Crippen LogP contribution in [0.25, 0.3) is 17.2 Å². The van der Waals surface area contributed by atoms with E-state index in [4.69, 9.17) is 17.0 Å². The number of para-hydroxylation sites is 1. The zero-order valence-electron chi connectivity index (χ0n) is 19.5. The Morgan fingerprint density at radius 1 is 0.778 bits per heavy atom. The maximum absolute atomic E-state index is 13.4. The number of carbonyl (C=O) groups is 2. The SMILES string of the molecule is Cc1ccc(-c2cccc(/C=C3\C(=O)NC(=S)N(c4ccc(Oc5ccccc5)cc4)C3=O)c2)cc1. The third-order valence-corrected chi connectivity index (χ3v) is 6.04. The van der Waals surface area contributed by atoms with Crippen molar-refractivity contribution < 1.29 is 14.3 Å². The molecule has 6 heteroatoms. The van der Waals surface area contributed by atoms with Gasteiger partial charge in [-0.25, -0.2) is 0 Å². The van der Waals surface area contributed by atoms with Gasteiger partial charge >= 0.3 is 0 Å². The van der Waals surface area contributed by atoms with Gasteiger partial charge < -0.3 is 4.74 Å². The number of carbonyl (C=O) groups excluding carboxylic acids is 2. The molecule has 0 aromatic heterocycles. The van der Waals surface area contributed by atoms with Crippen LogP contribution in [0.1, 0.15) is 11.1 Å². The average Bonchev–Trinajstić information content (AvgIpc) is 2.89. The van der Waals surface area contributed by atoms with Crippen LogP contribution in [0, 0.1) is 6.92 Å². The largest absolute Gasteiger partial charge is 0.457 e. The summed E-state index contributed by atoms with van der Waals surface area (Å²) in [5, 5.41) is 2.67. The van der Waals surface area contributed by atoms with Gasteiger partial charge in [-0.15, -0.1) is 0 Å². The summed E-state index contributed by atoms with van der Waals surface area (Å²) in [6, 6.07) is 32.3. The van der Waals surface area contributed by atoms with Crippen LogP contribution in [0.4, 0.5) is 5.69 Å². The van der Waals surface area contributed by atoms with Crippen LogP contribution in [0.2, 0.25) is 0 Å². The van der Waals surface area contributed by atoms with Gasteiger partial charge in [0, 0.05) is 0 Å². The molecule has 0 spiro atoms. The number of rotatable bonds is 5. The first kappa shape index (κ1) is 23.2. The molecule has 4 aromatic carbocycles. The third kappa shape index (κ3) is 4.94. The van der Waals surface area contributed by atoms with Gasteiger partial charge in [0.25, 0.3) is 11.8 Å². The van der Waals surface area contributed by atoms with Crippen molar-refractivity contribution in [3.05, 3.63) is 120 Å². The minimum atomic E-state index is -0.522. The molecule has 4 aromatic rings. The van der Waals surface area contributed by atoms with Crippen molar-refractivity contribution in [2.75, 3.05) is 4.90 Å². The van der Waals surface area contributed by atoms with Crippen molar-refractivity contribution in [3.8, 4) is 22.6 Å². The molecule has 0 aliphatic carbocycles. The summed E-state index contributed by atoms with van der Waals surface area (Å²) < 4.78 is 5.83. The molecule has 0 radical (unpaired) electrons. The van der Waals surface area contributed by atoms with E-state index in [0.717, 1.165) is 16.7 Å². The molecule has 1 heterocycles. The fourth-order valence-corrected chi connectivity index (χ4v) is 4.18. The normalized spacial score (nSPS) is 14.6. The number of amides is 2. The molecule has 0 bridgehead atoms. The van der Waals surface area contributed by atoms with Gasteiger partial charge in [0.1, 0.15) is 17.1 Å². The van der Waals surface area contributed by atoms with Crippen LogP contribution < -0.4 is 15.0 Å². The summed E-state index contributed by atoms with van der Waals surface area (Å²) in [4.78, 5) is 27.4. The molecule has 5 nitrogen and oxygen atoms in total. The summed E-state index contributed by atoms with van der Waals surface area (Å²) >= 11 is 5.33. The Hall–Kier alpha value is -4.55. The molecule has 5 rings (SSSR count). The van der Waals surface area contributed by atoms with Crippen molar-refractivity contribution >= 4 is 40.9 Å². The quantitative estimate of drug-likeness (QED) is 0.203. The van der Waals surface area contributed by atoms with Crippen LogP contribution in [0.5, 0.6) is 11.5 Å². The first-order valence-electron chi connectivity index (χ1n) is 11.4. The van der Waals surface area contributed by atoms with Gasteiger partial charge in [0.05, 0.1) is 5.69 Å². The molecule has 0 atom stereocenters. The van der Waals surface area contributed by atoms with Crippen molar-refractivity contribution in [3.63, 3.8) is 0 Å². The van der Waals surface area contributed by atoms with E-state index in [-0.39, 0.29) is 10.7 Å². The van der Waals surface area contributed by atoms with Crippen LogP contribution in [0.3, 0.4) is 0 Å². The molecular weight excluding hydrogens is 468 g/mol. The van der Waals surface area contributed by atoms with Gasteiger partial charge in [-0.3, -0.25) is 19.8 Å². The number of nitrogens with one attached hydrogen (secondary N) is 1. The minimum absolute atomic E-state index is 0.00858. The van der Waals surface area contributed by atoms with Crippen LogP contribution in [0.15, 0.2) is 109 Å². The average molecular weight is 491 g/mol. The molecule has 1 N–H and O–H groups in total. The first-order valence-corrected chi connectivity index (χ1v) is 11.8. The van der Waals surface area contributed by atoms with Gasteiger partial charge in [0.15, 0.2) is 5.11 Å². The Kier molecular flexibility index (Phi) is 6.43. The lowest BCUT2D eigenvalue weighted by Gasteiger charge is -2.29. The molecule has 36 heavy (non-hydrogen) atoms. The lowest BCUT2D eigenvalue weighted by atomic mass is 10.00. The van der Waals surface area contributed by atoms with Gasteiger partial charge in [-0.1, -0.05) is 66.2 Å². The van der Waals surface area contributed by atoms with Crippen LogP contribution >= 0.6 is 12.2 Å². The second-order valence-electron chi connectivity index (χ2n) is 8.36. The summed E-state index contributed by atoms with van der Waals surface area (Å²) in [6.07, 6.45) is 1.59. The highest BCUT2D eigenvalue weighted by Gasteiger charge is 2.34. The molecule has 1 aliphatic heterocycles. The Labute approximate surface area is 214 Å². The lowest BCUT2D eigenvalue weighted by molar-refractivity contribution is -0.122. The predicted octanol–water partition coefficient (Wildman–Crippen LogP) is 6.29. The maximum atomic E-state index is 13.4. The number of benzene rings is 4. The highest BCUT2D eigenvalue weighted by atomic mass is 32.1. The molecule has 0 unspecified atom stereocenters. The molecular formula is C30H22N2O3S. The Morgan fingerprint density at radius 3 is 2.19 bits per heavy atom. The van der Waals surface area contributed by atoms with Crippen molar-refractivity contribution in [1.82, 2.24) is 5.32 Å². The standard InChI is InChI=1S/C30H22N2O3S/c1-20-10-12-22(13-11-20)23-7-5-6-21(18-23)19-27-28(33)31-30(36)32(29(27)34)24-14-16-26(17-15-24)35-25-8-3-2-4-9-25/h2-19H,1H3,(H,31,33,36)/b27-19+. The number of hydrogen-bond acceptors (Lipinski definition) is 4. The zero-order valence-corrected chi connectivity index (χ0v) is 20.3. The van der Waals surface area contributed by atoms with Gasteiger partial charge in [0.2, 0.25) is 0 Å². The number of hydrogen-bond donors (Lipinski definition) is 1. The van der Waals surface area contributed by atoms with Crippen molar-refractivity contribution in [2.24, 2.45) is 0 Å². The highest BCUT2D eigenvalue weighted by Crippen LogP contribution is 2.28. The van der Waals surface area contributed by atoms with Crippen LogP contribution in [-0.4, -0.2) is 16.9 Å². The van der Waals surface area contributed by atoms with E-state index >= 15 is 0 Å². The first-order chi connectivity index (χ1) is 17.5. The molecule has 2 amide bonds. The molecule has 1 fully saturated rings. The van der Waals surface area contributed by atoms with Gasteiger partial charge in [-0.2, -0.15) is 0 Å². The zero-order chi connectivity index (χ0) is 25.1. The summed E-state index contributed by atoms with van der Waals surface area (Å²) in [5.74, 6) is 0.320. The summed E-state index contributed by atoms with van der Waals surface area (Å²) in [6.45, 7) is 2.04. The van der Waals surface area contributed by atoms with Crippen molar-refractivity contribution in [2.45, 2.75) is 6.92 Å². The van der Waals surface area contributed by atoms with Gasteiger partial charge in [-0.05, 0) is 84.4 Å². The van der Waals surface area contributed by atoms with Crippen molar-refractivity contribution in [1.29, 1.82) is 0 Å². The fourth-order valence-electron chi connectivity index (χ4n) is 3.90. The second kappa shape index (κ2) is 9.98. The highest BCUT2D eigenvalue weighted by molar-refractivity contribution is 7.80. The van der Waals surface area contributed by atoms with E-state index in [1.165, 1.54) is 10.5 Å². The smallest absolute Gasteiger partial charge is 0.270 e. The number of aryl methyl sites for hydroxylation is 1. The van der Waals surface area contributed by atoms with E-state index in [1.807, 2.05) is 85.8 Å².